The Hall–Kier alpha value is -2.76. The molecule has 12 nitrogen and oxygen atoms in total. The summed E-state index contributed by atoms with van der Waals surface area (Å²) in [5.41, 5.74) is 10.4. The number of hydrogen-bond donors (Lipinski definition) is 2. The van der Waals surface area contributed by atoms with Crippen molar-refractivity contribution in [2.24, 2.45) is 53.1 Å². The number of esters is 3. The number of nitrogens with two attached hydrogens (primary N) is 1. The van der Waals surface area contributed by atoms with Gasteiger partial charge < -0.3 is 34.3 Å². The summed E-state index contributed by atoms with van der Waals surface area (Å²) >= 11 is 0. The van der Waals surface area contributed by atoms with Crippen LogP contribution in [0.3, 0.4) is 0 Å². The maximum Gasteiger partial charge on any atom is 0.321 e. The van der Waals surface area contributed by atoms with Crippen LogP contribution in [0.2, 0.25) is 0 Å². The Morgan fingerprint density at radius 3 is 1.25 bits per heavy atom. The van der Waals surface area contributed by atoms with Gasteiger partial charge in [0.25, 0.3) is 0 Å². The lowest BCUT2D eigenvalue weighted by atomic mass is 9.71. The normalized spacial score (nSPS) is 26.0. The summed E-state index contributed by atoms with van der Waals surface area (Å²) in [4.78, 5) is 47.9. The highest BCUT2D eigenvalue weighted by atomic mass is 16.7. The van der Waals surface area contributed by atoms with Crippen molar-refractivity contribution in [3.8, 4) is 0 Å². The van der Waals surface area contributed by atoms with Crippen LogP contribution < -0.4 is 11.2 Å². The lowest BCUT2D eigenvalue weighted by Crippen LogP contribution is -2.24. The highest BCUT2D eigenvalue weighted by Crippen LogP contribution is 2.41. The first kappa shape index (κ1) is 56.2. The smallest absolute Gasteiger partial charge is 0.321 e. The van der Waals surface area contributed by atoms with Gasteiger partial charge in [-0.2, -0.15) is 5.48 Å². The minimum atomic E-state index is -0.322. The predicted molar refractivity (Wildman–Crippen MR) is 234 cm³/mol. The van der Waals surface area contributed by atoms with Crippen LogP contribution in [0.25, 0.3) is 0 Å². The second kappa shape index (κ2) is 35.9. The van der Waals surface area contributed by atoms with E-state index in [-0.39, 0.29) is 31.3 Å². The maximum absolute atomic E-state index is 12.2. The van der Waals surface area contributed by atoms with E-state index in [1.165, 1.54) is 151 Å². The predicted octanol–water partition coefficient (Wildman–Crippen LogP) is 8.94. The van der Waals surface area contributed by atoms with Crippen molar-refractivity contribution in [1.82, 2.24) is 5.48 Å². The second-order valence-corrected chi connectivity index (χ2v) is 16.7. The average Bonchev–Trinajstić information content (AvgIpc) is 3.20. The average molecular weight is 839 g/mol. The molecule has 0 heterocycles. The first-order valence-electron chi connectivity index (χ1n) is 22.2. The van der Waals surface area contributed by atoms with Crippen molar-refractivity contribution < 1.29 is 47.7 Å². The molecule has 0 aliphatic heterocycles. The van der Waals surface area contributed by atoms with Gasteiger partial charge in [0.2, 0.25) is 0 Å². The van der Waals surface area contributed by atoms with Crippen LogP contribution in [0.1, 0.15) is 150 Å². The van der Waals surface area contributed by atoms with Crippen molar-refractivity contribution in [2.45, 2.75) is 150 Å². The molecule has 0 aromatic carbocycles. The molecule has 0 saturated heterocycles. The zero-order valence-electron chi connectivity index (χ0n) is 37.4. The van der Waals surface area contributed by atoms with Gasteiger partial charge in [-0.05, 0) is 131 Å². The van der Waals surface area contributed by atoms with Crippen molar-refractivity contribution in [2.75, 3.05) is 61.9 Å². The molecule has 0 spiro atoms. The Balaban J connectivity index is 0.00000210. The van der Waals surface area contributed by atoms with Crippen molar-refractivity contribution in [3.63, 3.8) is 0 Å². The lowest BCUT2D eigenvalue weighted by Gasteiger charge is -2.34. The zero-order chi connectivity index (χ0) is 43.0. The molecule has 4 rings (SSSR count). The Morgan fingerprint density at radius 1 is 0.576 bits per heavy atom. The van der Waals surface area contributed by atoms with Crippen LogP contribution in [0.4, 0.5) is 0 Å². The Morgan fingerprint density at radius 2 is 0.932 bits per heavy atom. The van der Waals surface area contributed by atoms with Crippen molar-refractivity contribution in [1.29, 1.82) is 0 Å². The zero-order valence-corrected chi connectivity index (χ0v) is 37.4. The first-order chi connectivity index (χ1) is 28.0. The Labute approximate surface area is 358 Å². The molecule has 0 aromatic rings. The van der Waals surface area contributed by atoms with Crippen LogP contribution >= 0.6 is 0 Å². The molecular weight excluding hydrogens is 753 g/mol. The van der Waals surface area contributed by atoms with Crippen LogP contribution in [0.15, 0.2) is 17.9 Å². The molecule has 0 aromatic heterocycles. The van der Waals surface area contributed by atoms with Gasteiger partial charge in [0.1, 0.15) is 13.2 Å². The monoisotopic (exact) mass is 839 g/mol. The number of methoxy groups -OCH3 is 3. The molecule has 12 heteroatoms. The van der Waals surface area contributed by atoms with E-state index in [1.807, 2.05) is 0 Å². The fourth-order valence-electron chi connectivity index (χ4n) is 9.48. The number of carbonyl (C=O) groups is 4. The molecule has 344 valence electrons. The maximum atomic E-state index is 12.2. The molecule has 8 atom stereocenters. The number of hydrogen-bond acceptors (Lipinski definition) is 12. The highest BCUT2D eigenvalue weighted by Gasteiger charge is 2.30. The van der Waals surface area contributed by atoms with E-state index < -0.39 is 0 Å². The van der Waals surface area contributed by atoms with Gasteiger partial charge in [0.15, 0.2) is 0 Å². The first-order valence-corrected chi connectivity index (χ1v) is 22.2. The van der Waals surface area contributed by atoms with Gasteiger partial charge in [-0.25, -0.2) is 0 Å². The standard InChI is InChI=1S/C39H64O6.C3H7NO2.C3H6O2.CH5N.CH4/c1-42-18-20-44-38(40)28-36-16-6-14-34(26-36)24-32-12-4-10-30(22-32)8-3-9-31-11-5-13-33(23-31)25-35-15-7-17-37(27-35)29-39(41)45-21-19-43-2;1-3(5)6-4-2;1-3(4)5-2;1-2;/h8-9,30-37H,4-7,10-29H2,1-2H3;4H,1-2H3;1-2H3;2H2,1H3;1H4. The SMILES string of the molecule is C.CN.CNOC(C)=O.COC(C)=O.COCCOC(=O)CC1CCCC(CC2CCCC(C=C=CC3CCCC(CC4CCCC(CC(=O)OCCOC)C4)C3)C2)C1. The second-order valence-electron chi connectivity index (χ2n) is 16.7. The fraction of sp³-hybridized carbons (Fsp3) is 0.851. The molecule has 0 bridgehead atoms. The summed E-state index contributed by atoms with van der Waals surface area (Å²) in [6.45, 7) is 4.39. The van der Waals surface area contributed by atoms with Gasteiger partial charge in [-0.3, -0.25) is 19.2 Å². The summed E-state index contributed by atoms with van der Waals surface area (Å²) < 4.78 is 24.8. The molecule has 4 fully saturated rings. The van der Waals surface area contributed by atoms with Crippen LogP contribution in [0, 0.1) is 47.3 Å². The number of allylic oxidation sites excluding steroid dienone is 1. The number of hydroxylamine groups is 1. The summed E-state index contributed by atoms with van der Waals surface area (Å²) in [6, 6.07) is 0. The van der Waals surface area contributed by atoms with E-state index in [1.54, 1.807) is 14.2 Å². The van der Waals surface area contributed by atoms with Crippen molar-refractivity contribution >= 4 is 23.9 Å². The molecular formula is C47H86N2O10. The Kier molecular flexibility index (Phi) is 34.3. The Bertz CT molecular complexity index is 1110. The van der Waals surface area contributed by atoms with Gasteiger partial charge in [-0.1, -0.05) is 58.8 Å². The van der Waals surface area contributed by atoms with E-state index in [4.69, 9.17) is 18.9 Å². The van der Waals surface area contributed by atoms with E-state index in [2.05, 4.69) is 38.7 Å². The topological polar surface area (TPSA) is 162 Å². The third-order valence-corrected chi connectivity index (χ3v) is 12.0. The summed E-state index contributed by atoms with van der Waals surface area (Å²) in [5, 5.41) is 0. The highest BCUT2D eigenvalue weighted by molar-refractivity contribution is 5.70. The van der Waals surface area contributed by atoms with Crippen LogP contribution in [-0.4, -0.2) is 85.7 Å². The third-order valence-electron chi connectivity index (χ3n) is 12.0. The van der Waals surface area contributed by atoms with E-state index in [0.717, 1.165) is 23.7 Å². The molecule has 3 N–H and O–H groups in total. The molecule has 59 heavy (non-hydrogen) atoms. The third kappa shape index (κ3) is 28.4. The van der Waals surface area contributed by atoms with Crippen LogP contribution in [-0.2, 0) is 47.7 Å². The summed E-state index contributed by atoms with van der Waals surface area (Å²) in [7, 11) is 7.65. The van der Waals surface area contributed by atoms with E-state index in [0.29, 0.717) is 62.9 Å². The number of nitrogens with one attached hydrogen (secondary N) is 1. The quantitative estimate of drug-likeness (QED) is 0.0471. The minimum Gasteiger partial charge on any atom is -0.469 e. The van der Waals surface area contributed by atoms with Crippen molar-refractivity contribution in [3.05, 3.63) is 17.9 Å². The van der Waals surface area contributed by atoms with Gasteiger partial charge in [0.05, 0.1) is 20.3 Å². The minimum absolute atomic E-state index is 0. The number of rotatable bonds is 17. The van der Waals surface area contributed by atoms with Gasteiger partial charge >= 0.3 is 23.9 Å². The largest absolute Gasteiger partial charge is 0.469 e. The van der Waals surface area contributed by atoms with E-state index in [9.17, 15) is 19.2 Å². The molecule has 4 aliphatic carbocycles. The van der Waals surface area contributed by atoms with Gasteiger partial charge in [-0.15, -0.1) is 5.73 Å². The summed E-state index contributed by atoms with van der Waals surface area (Å²) in [5.74, 6) is 4.87. The number of ether oxygens (including phenoxy) is 5. The molecule has 0 amide bonds. The molecule has 4 saturated carbocycles. The molecule has 0 radical (unpaired) electrons. The molecule has 8 unspecified atom stereocenters. The van der Waals surface area contributed by atoms with E-state index >= 15 is 0 Å². The van der Waals surface area contributed by atoms with Gasteiger partial charge in [0, 0.05) is 48.0 Å². The lowest BCUT2D eigenvalue weighted by molar-refractivity contribution is -0.147. The molecule has 4 aliphatic rings. The van der Waals surface area contributed by atoms with Crippen LogP contribution in [0.5, 0.6) is 0 Å². The fourth-order valence-corrected chi connectivity index (χ4v) is 9.48. The number of carbonyl (C=O) groups excluding carboxylic acids is 4. The summed E-state index contributed by atoms with van der Waals surface area (Å²) in [6.07, 6.45) is 29.3.